The second kappa shape index (κ2) is 10.4. The van der Waals surface area contributed by atoms with Gasteiger partial charge >= 0.3 is 0 Å². The predicted molar refractivity (Wildman–Crippen MR) is 124 cm³/mol. The first-order chi connectivity index (χ1) is 14.0. The highest BCUT2D eigenvalue weighted by molar-refractivity contribution is 14.1. The van der Waals surface area contributed by atoms with Gasteiger partial charge in [0.25, 0.3) is 0 Å². The molecule has 0 aliphatic rings. The molecule has 0 bridgehead atoms. The van der Waals surface area contributed by atoms with Gasteiger partial charge in [-0.3, -0.25) is 9.36 Å². The maximum atomic E-state index is 12.3. The van der Waals surface area contributed by atoms with Gasteiger partial charge in [-0.15, -0.1) is 16.8 Å². The minimum Gasteiger partial charge on any atom is -0.486 e. The molecular weight excluding hydrogens is 499 g/mol. The number of allylic oxidation sites excluding steroid dienone is 1. The third-order valence-corrected chi connectivity index (χ3v) is 5.61. The van der Waals surface area contributed by atoms with E-state index in [4.69, 9.17) is 4.74 Å². The van der Waals surface area contributed by atoms with Gasteiger partial charge in [-0.25, -0.2) is 0 Å². The number of nitrogens with zero attached hydrogens (tertiary/aromatic N) is 3. The van der Waals surface area contributed by atoms with E-state index < -0.39 is 0 Å². The number of benzene rings is 2. The molecule has 1 heterocycles. The van der Waals surface area contributed by atoms with Crippen LogP contribution in [-0.2, 0) is 17.9 Å². The molecule has 6 nitrogen and oxygen atoms in total. The Morgan fingerprint density at radius 3 is 2.79 bits per heavy atom. The molecule has 2 aromatic carbocycles. The van der Waals surface area contributed by atoms with Crippen LogP contribution in [0.1, 0.15) is 11.4 Å². The molecule has 3 rings (SSSR count). The van der Waals surface area contributed by atoms with Crippen LogP contribution in [-0.4, -0.2) is 26.4 Å². The summed E-state index contributed by atoms with van der Waals surface area (Å²) >= 11 is 3.56. The van der Waals surface area contributed by atoms with Crippen molar-refractivity contribution in [1.29, 1.82) is 0 Å². The molecule has 0 fully saturated rings. The summed E-state index contributed by atoms with van der Waals surface area (Å²) in [5.74, 6) is 1.61. The summed E-state index contributed by atoms with van der Waals surface area (Å²) in [7, 11) is 0. The van der Waals surface area contributed by atoms with Gasteiger partial charge in [-0.1, -0.05) is 30.0 Å². The predicted octanol–water partition coefficient (Wildman–Crippen LogP) is 4.69. The van der Waals surface area contributed by atoms with Gasteiger partial charge in [0, 0.05) is 15.8 Å². The highest BCUT2D eigenvalue weighted by atomic mass is 127. The van der Waals surface area contributed by atoms with E-state index in [9.17, 15) is 4.79 Å². The van der Waals surface area contributed by atoms with Crippen molar-refractivity contribution in [2.45, 2.75) is 25.2 Å². The third kappa shape index (κ3) is 6.33. The van der Waals surface area contributed by atoms with Crippen molar-refractivity contribution in [2.75, 3.05) is 11.1 Å². The molecule has 1 N–H and O–H groups in total. The summed E-state index contributed by atoms with van der Waals surface area (Å²) in [5.41, 5.74) is 1.90. The van der Waals surface area contributed by atoms with Gasteiger partial charge in [-0.05, 0) is 71.5 Å². The number of aromatic nitrogens is 3. The number of anilines is 1. The average Bonchev–Trinajstić information content (AvgIpc) is 3.09. The standard InChI is InChI=1S/C21H21IN4O2S/c1-3-11-26-19(13-28-18-6-4-5-15(2)12-18)24-25-21(26)29-14-20(27)23-17-9-7-16(22)8-10-17/h3-10,12H,1,11,13-14H2,2H3,(H,23,27). The Kier molecular flexibility index (Phi) is 7.70. The highest BCUT2D eigenvalue weighted by Crippen LogP contribution is 2.20. The number of nitrogens with one attached hydrogen (secondary N) is 1. The number of rotatable bonds is 9. The summed E-state index contributed by atoms with van der Waals surface area (Å²) in [5, 5.41) is 12.0. The lowest BCUT2D eigenvalue weighted by Crippen LogP contribution is -2.15. The van der Waals surface area contributed by atoms with Gasteiger partial charge in [0.1, 0.15) is 12.4 Å². The topological polar surface area (TPSA) is 69.0 Å². The van der Waals surface area contributed by atoms with E-state index in [1.54, 1.807) is 6.08 Å². The molecule has 8 heteroatoms. The first kappa shape index (κ1) is 21.4. The molecule has 1 aromatic heterocycles. The second-order valence-corrected chi connectivity index (χ2v) is 8.44. The van der Waals surface area contributed by atoms with Crippen molar-refractivity contribution in [2.24, 2.45) is 0 Å². The van der Waals surface area contributed by atoms with Crippen LogP contribution in [0.2, 0.25) is 0 Å². The fourth-order valence-corrected chi connectivity index (χ4v) is 3.68. The zero-order valence-electron chi connectivity index (χ0n) is 16.0. The van der Waals surface area contributed by atoms with Crippen molar-refractivity contribution in [1.82, 2.24) is 14.8 Å². The number of carbonyl (C=O) groups excluding carboxylic acids is 1. The Balaban J connectivity index is 1.60. The first-order valence-corrected chi connectivity index (χ1v) is 11.0. The Hall–Kier alpha value is -2.33. The highest BCUT2D eigenvalue weighted by Gasteiger charge is 2.14. The minimum absolute atomic E-state index is 0.0954. The van der Waals surface area contributed by atoms with Crippen molar-refractivity contribution < 1.29 is 9.53 Å². The molecule has 3 aromatic rings. The van der Waals surface area contributed by atoms with Gasteiger partial charge in [0.15, 0.2) is 11.0 Å². The Labute approximate surface area is 187 Å². The third-order valence-electron chi connectivity index (χ3n) is 3.92. The van der Waals surface area contributed by atoms with Gasteiger partial charge in [0.2, 0.25) is 5.91 Å². The summed E-state index contributed by atoms with van der Waals surface area (Å²) in [4.78, 5) is 12.3. The quantitative estimate of drug-likeness (QED) is 0.252. The lowest BCUT2D eigenvalue weighted by molar-refractivity contribution is -0.113. The van der Waals surface area contributed by atoms with E-state index in [0.717, 1.165) is 20.6 Å². The fraction of sp³-hybridized carbons (Fsp3) is 0.190. The molecule has 0 aliphatic carbocycles. The summed E-state index contributed by atoms with van der Waals surface area (Å²) < 4.78 is 8.87. The Bertz CT molecular complexity index is 989. The lowest BCUT2D eigenvalue weighted by atomic mass is 10.2. The Morgan fingerprint density at radius 2 is 2.07 bits per heavy atom. The summed E-state index contributed by atoms with van der Waals surface area (Å²) in [6, 6.07) is 15.5. The molecule has 0 atom stereocenters. The number of hydrogen-bond donors (Lipinski definition) is 1. The molecule has 0 saturated carbocycles. The number of amides is 1. The summed E-state index contributed by atoms with van der Waals surface area (Å²) in [6.07, 6.45) is 1.77. The van der Waals surface area contributed by atoms with Crippen LogP contribution < -0.4 is 10.1 Å². The minimum atomic E-state index is -0.0954. The largest absolute Gasteiger partial charge is 0.486 e. The fourth-order valence-electron chi connectivity index (χ4n) is 2.56. The molecule has 1 amide bonds. The van der Waals surface area contributed by atoms with Crippen LogP contribution in [0.4, 0.5) is 5.69 Å². The molecular formula is C21H21IN4O2S. The van der Waals surface area contributed by atoms with Crippen molar-refractivity contribution >= 4 is 45.9 Å². The van der Waals surface area contributed by atoms with E-state index in [0.29, 0.717) is 24.1 Å². The van der Waals surface area contributed by atoms with Crippen molar-refractivity contribution in [3.8, 4) is 5.75 Å². The van der Waals surface area contributed by atoms with E-state index in [1.807, 2.05) is 60.0 Å². The van der Waals surface area contributed by atoms with Gasteiger partial charge < -0.3 is 10.1 Å². The monoisotopic (exact) mass is 520 g/mol. The maximum absolute atomic E-state index is 12.3. The van der Waals surface area contributed by atoms with Crippen LogP contribution in [0.25, 0.3) is 0 Å². The number of hydrogen-bond acceptors (Lipinski definition) is 5. The smallest absolute Gasteiger partial charge is 0.234 e. The number of ether oxygens (including phenoxy) is 1. The Morgan fingerprint density at radius 1 is 1.28 bits per heavy atom. The molecule has 0 aliphatic heterocycles. The molecule has 150 valence electrons. The molecule has 0 unspecified atom stereocenters. The average molecular weight is 520 g/mol. The van der Waals surface area contributed by atoms with Gasteiger partial charge in [-0.2, -0.15) is 0 Å². The zero-order valence-corrected chi connectivity index (χ0v) is 18.9. The van der Waals surface area contributed by atoms with E-state index in [-0.39, 0.29) is 11.7 Å². The number of carbonyl (C=O) groups is 1. The number of thioether (sulfide) groups is 1. The zero-order chi connectivity index (χ0) is 20.6. The van der Waals surface area contributed by atoms with Crippen LogP contribution in [0, 0.1) is 10.5 Å². The molecule has 0 spiro atoms. The van der Waals surface area contributed by atoms with Crippen LogP contribution in [0.5, 0.6) is 5.75 Å². The van der Waals surface area contributed by atoms with E-state index in [2.05, 4.69) is 44.7 Å². The number of halogens is 1. The summed E-state index contributed by atoms with van der Waals surface area (Å²) in [6.45, 7) is 6.65. The lowest BCUT2D eigenvalue weighted by Gasteiger charge is -2.10. The molecule has 0 saturated heterocycles. The van der Waals surface area contributed by atoms with Gasteiger partial charge in [0.05, 0.1) is 5.75 Å². The molecule has 29 heavy (non-hydrogen) atoms. The SMILES string of the molecule is C=CCn1c(COc2cccc(C)c2)nnc1SCC(=O)Nc1ccc(I)cc1. The molecule has 0 radical (unpaired) electrons. The normalized spacial score (nSPS) is 10.6. The van der Waals surface area contributed by atoms with Crippen LogP contribution in [0.3, 0.4) is 0 Å². The first-order valence-electron chi connectivity index (χ1n) is 8.96. The van der Waals surface area contributed by atoms with E-state index >= 15 is 0 Å². The van der Waals surface area contributed by atoms with Crippen LogP contribution in [0.15, 0.2) is 66.3 Å². The van der Waals surface area contributed by atoms with Crippen molar-refractivity contribution in [3.05, 3.63) is 76.1 Å². The second-order valence-electron chi connectivity index (χ2n) is 6.25. The van der Waals surface area contributed by atoms with E-state index in [1.165, 1.54) is 11.8 Å². The van der Waals surface area contributed by atoms with Crippen LogP contribution >= 0.6 is 34.4 Å². The van der Waals surface area contributed by atoms with Crippen molar-refractivity contribution in [3.63, 3.8) is 0 Å². The number of aryl methyl sites for hydroxylation is 1. The maximum Gasteiger partial charge on any atom is 0.234 e.